The maximum atomic E-state index is 4.76. The van der Waals surface area contributed by atoms with Crippen molar-refractivity contribution in [3.63, 3.8) is 0 Å². The zero-order valence-corrected chi connectivity index (χ0v) is 13.4. The number of aryl methyl sites for hydroxylation is 1. The minimum atomic E-state index is 0.601. The fraction of sp³-hybridized carbons (Fsp3) is 0.706. The van der Waals surface area contributed by atoms with Crippen molar-refractivity contribution in [1.29, 1.82) is 0 Å². The SMILES string of the molecule is CCCNCc1cc(C)nc(N2CCC(C)CC2C)c1. The largest absolute Gasteiger partial charge is 0.354 e. The van der Waals surface area contributed by atoms with E-state index in [1.807, 2.05) is 0 Å². The molecule has 1 aliphatic heterocycles. The molecule has 2 rings (SSSR count). The first-order valence-electron chi connectivity index (χ1n) is 8.05. The van der Waals surface area contributed by atoms with Crippen molar-refractivity contribution in [2.24, 2.45) is 5.92 Å². The second kappa shape index (κ2) is 7.07. The van der Waals surface area contributed by atoms with Crippen LogP contribution in [0.4, 0.5) is 5.82 Å². The molecule has 1 aromatic heterocycles. The number of nitrogens with one attached hydrogen (secondary N) is 1. The first-order valence-corrected chi connectivity index (χ1v) is 8.05. The lowest BCUT2D eigenvalue weighted by Crippen LogP contribution is -2.40. The molecule has 0 aromatic carbocycles. The molecule has 1 aromatic rings. The van der Waals surface area contributed by atoms with E-state index in [1.165, 1.54) is 24.8 Å². The molecule has 0 spiro atoms. The lowest BCUT2D eigenvalue weighted by atomic mass is 9.93. The third-order valence-corrected chi connectivity index (χ3v) is 4.19. The summed E-state index contributed by atoms with van der Waals surface area (Å²) in [5.74, 6) is 2.01. The molecule has 0 aliphatic carbocycles. The van der Waals surface area contributed by atoms with Gasteiger partial charge in [-0.15, -0.1) is 0 Å². The molecule has 3 heteroatoms. The second-order valence-electron chi connectivity index (χ2n) is 6.32. The van der Waals surface area contributed by atoms with Gasteiger partial charge in [0.2, 0.25) is 0 Å². The Labute approximate surface area is 123 Å². The highest BCUT2D eigenvalue weighted by atomic mass is 15.2. The Morgan fingerprint density at radius 3 is 2.85 bits per heavy atom. The molecule has 20 heavy (non-hydrogen) atoms. The molecule has 0 radical (unpaired) electrons. The van der Waals surface area contributed by atoms with Gasteiger partial charge in [0, 0.05) is 24.8 Å². The Bertz CT molecular complexity index is 430. The van der Waals surface area contributed by atoms with Gasteiger partial charge in [-0.2, -0.15) is 0 Å². The van der Waals surface area contributed by atoms with E-state index in [0.29, 0.717) is 6.04 Å². The number of pyridine rings is 1. The second-order valence-corrected chi connectivity index (χ2v) is 6.32. The highest BCUT2D eigenvalue weighted by Crippen LogP contribution is 2.27. The number of hydrogen-bond donors (Lipinski definition) is 1. The lowest BCUT2D eigenvalue weighted by Gasteiger charge is -2.37. The van der Waals surface area contributed by atoms with E-state index in [9.17, 15) is 0 Å². The quantitative estimate of drug-likeness (QED) is 0.833. The fourth-order valence-corrected chi connectivity index (χ4v) is 3.13. The van der Waals surface area contributed by atoms with Crippen LogP contribution in [-0.2, 0) is 6.54 Å². The number of hydrogen-bond acceptors (Lipinski definition) is 3. The zero-order valence-electron chi connectivity index (χ0n) is 13.4. The molecule has 0 saturated carbocycles. The Kier molecular flexibility index (Phi) is 5.41. The molecule has 1 aliphatic rings. The standard InChI is InChI=1S/C17H29N3/c1-5-7-18-12-16-10-14(3)19-17(11-16)20-8-6-13(2)9-15(20)4/h10-11,13,15,18H,5-9,12H2,1-4H3. The highest BCUT2D eigenvalue weighted by molar-refractivity contribution is 5.44. The Hall–Kier alpha value is -1.09. The van der Waals surface area contributed by atoms with Crippen molar-refractivity contribution in [2.45, 2.75) is 59.5 Å². The summed E-state index contributed by atoms with van der Waals surface area (Å²) < 4.78 is 0. The van der Waals surface area contributed by atoms with E-state index in [4.69, 9.17) is 4.98 Å². The minimum absolute atomic E-state index is 0.601. The molecule has 112 valence electrons. The molecule has 1 fully saturated rings. The summed E-state index contributed by atoms with van der Waals surface area (Å²) in [6.45, 7) is 12.2. The van der Waals surface area contributed by atoms with Gasteiger partial charge >= 0.3 is 0 Å². The van der Waals surface area contributed by atoms with Gasteiger partial charge in [-0.1, -0.05) is 13.8 Å². The Morgan fingerprint density at radius 1 is 1.35 bits per heavy atom. The normalized spacial score (nSPS) is 23.1. The summed E-state index contributed by atoms with van der Waals surface area (Å²) in [7, 11) is 0. The summed E-state index contributed by atoms with van der Waals surface area (Å²) in [5, 5.41) is 3.48. The van der Waals surface area contributed by atoms with Crippen LogP contribution in [0.15, 0.2) is 12.1 Å². The number of anilines is 1. The van der Waals surface area contributed by atoms with Crippen molar-refractivity contribution in [3.8, 4) is 0 Å². The van der Waals surface area contributed by atoms with Crippen molar-refractivity contribution in [2.75, 3.05) is 18.0 Å². The van der Waals surface area contributed by atoms with Crippen molar-refractivity contribution < 1.29 is 0 Å². The summed E-state index contributed by atoms with van der Waals surface area (Å²) in [6, 6.07) is 5.07. The monoisotopic (exact) mass is 275 g/mol. The van der Waals surface area contributed by atoms with Crippen LogP contribution in [0.25, 0.3) is 0 Å². The van der Waals surface area contributed by atoms with E-state index in [-0.39, 0.29) is 0 Å². The van der Waals surface area contributed by atoms with Crippen LogP contribution >= 0.6 is 0 Å². The van der Waals surface area contributed by atoms with E-state index in [0.717, 1.165) is 37.1 Å². The predicted octanol–water partition coefficient (Wildman–Crippen LogP) is 3.51. The van der Waals surface area contributed by atoms with Crippen LogP contribution in [0, 0.1) is 12.8 Å². The molecule has 2 unspecified atom stereocenters. The number of aromatic nitrogens is 1. The third-order valence-electron chi connectivity index (χ3n) is 4.19. The van der Waals surface area contributed by atoms with Gasteiger partial charge in [0.05, 0.1) is 0 Å². The summed E-state index contributed by atoms with van der Waals surface area (Å²) in [6.07, 6.45) is 3.74. The molecule has 2 atom stereocenters. The first kappa shape index (κ1) is 15.3. The molecule has 3 nitrogen and oxygen atoms in total. The van der Waals surface area contributed by atoms with Gasteiger partial charge in [-0.25, -0.2) is 4.98 Å². The molecule has 2 heterocycles. The number of nitrogens with zero attached hydrogens (tertiary/aromatic N) is 2. The number of rotatable bonds is 5. The Morgan fingerprint density at radius 2 is 2.15 bits per heavy atom. The predicted molar refractivity (Wildman–Crippen MR) is 86.2 cm³/mol. The van der Waals surface area contributed by atoms with Crippen LogP contribution in [0.2, 0.25) is 0 Å². The fourth-order valence-electron chi connectivity index (χ4n) is 3.13. The van der Waals surface area contributed by atoms with Gasteiger partial charge < -0.3 is 10.2 Å². The van der Waals surface area contributed by atoms with Gasteiger partial charge in [-0.3, -0.25) is 0 Å². The summed E-state index contributed by atoms with van der Waals surface area (Å²) in [4.78, 5) is 7.24. The molecule has 0 amide bonds. The zero-order chi connectivity index (χ0) is 14.5. The van der Waals surface area contributed by atoms with E-state index < -0.39 is 0 Å². The third kappa shape index (κ3) is 3.95. The van der Waals surface area contributed by atoms with Gasteiger partial charge in [0.1, 0.15) is 5.82 Å². The maximum Gasteiger partial charge on any atom is 0.129 e. The average Bonchev–Trinajstić information content (AvgIpc) is 2.38. The van der Waals surface area contributed by atoms with Gasteiger partial charge in [-0.05, 0) is 63.3 Å². The molecular formula is C17H29N3. The van der Waals surface area contributed by atoms with Gasteiger partial charge in [0.25, 0.3) is 0 Å². The number of piperidine rings is 1. The molecule has 1 N–H and O–H groups in total. The topological polar surface area (TPSA) is 28.2 Å². The van der Waals surface area contributed by atoms with E-state index in [1.54, 1.807) is 0 Å². The van der Waals surface area contributed by atoms with Crippen molar-refractivity contribution >= 4 is 5.82 Å². The smallest absolute Gasteiger partial charge is 0.129 e. The molecular weight excluding hydrogens is 246 g/mol. The van der Waals surface area contributed by atoms with Crippen molar-refractivity contribution in [3.05, 3.63) is 23.4 Å². The first-order chi connectivity index (χ1) is 9.60. The molecule has 0 bridgehead atoms. The molecule has 1 saturated heterocycles. The summed E-state index contributed by atoms with van der Waals surface area (Å²) in [5.41, 5.74) is 2.48. The average molecular weight is 275 g/mol. The van der Waals surface area contributed by atoms with E-state index in [2.05, 4.69) is 50.0 Å². The van der Waals surface area contributed by atoms with Crippen LogP contribution in [0.5, 0.6) is 0 Å². The van der Waals surface area contributed by atoms with E-state index >= 15 is 0 Å². The van der Waals surface area contributed by atoms with Crippen LogP contribution in [0.3, 0.4) is 0 Å². The lowest BCUT2D eigenvalue weighted by molar-refractivity contribution is 0.376. The van der Waals surface area contributed by atoms with Crippen LogP contribution < -0.4 is 10.2 Å². The van der Waals surface area contributed by atoms with Crippen molar-refractivity contribution in [1.82, 2.24) is 10.3 Å². The van der Waals surface area contributed by atoms with Gasteiger partial charge in [0.15, 0.2) is 0 Å². The van der Waals surface area contributed by atoms with Crippen LogP contribution in [0.1, 0.15) is 51.3 Å². The minimum Gasteiger partial charge on any atom is -0.354 e. The summed E-state index contributed by atoms with van der Waals surface area (Å²) >= 11 is 0. The van der Waals surface area contributed by atoms with Crippen LogP contribution in [-0.4, -0.2) is 24.1 Å². The Balaban J connectivity index is 2.10. The maximum absolute atomic E-state index is 4.76. The highest BCUT2D eigenvalue weighted by Gasteiger charge is 2.24.